The molecule has 1 aliphatic heterocycles. The molecular weight excluding hydrogens is 686 g/mol. The highest BCUT2D eigenvalue weighted by Gasteiger charge is 2.34. The van der Waals surface area contributed by atoms with Crippen molar-refractivity contribution in [3.05, 3.63) is 125 Å². The van der Waals surface area contributed by atoms with Crippen LogP contribution in [0.4, 0.5) is 9.59 Å². The minimum Gasteiger partial charge on any atom is -0.494 e. The van der Waals surface area contributed by atoms with Crippen molar-refractivity contribution in [1.82, 2.24) is 24.7 Å². The van der Waals surface area contributed by atoms with Gasteiger partial charge in [-0.05, 0) is 114 Å². The van der Waals surface area contributed by atoms with Crippen LogP contribution in [-0.2, 0) is 35.7 Å². The van der Waals surface area contributed by atoms with Crippen molar-refractivity contribution in [3.8, 4) is 5.75 Å². The highest BCUT2D eigenvalue weighted by atomic mass is 16.6. The van der Waals surface area contributed by atoms with Crippen molar-refractivity contribution in [2.75, 3.05) is 13.2 Å². The number of fused-ring (bicyclic) bond motifs is 1. The predicted octanol–water partition coefficient (Wildman–Crippen LogP) is 7.81. The molecule has 0 fully saturated rings. The molecule has 54 heavy (non-hydrogen) atoms. The number of hydrogen-bond donors (Lipinski definition) is 0. The first-order valence-electron chi connectivity index (χ1n) is 18.1. The number of carbonyl (C=O) groups excluding carboxylic acids is 4. The first-order chi connectivity index (χ1) is 25.6. The Hall–Kier alpha value is -5.78. The van der Waals surface area contributed by atoms with Gasteiger partial charge in [0.25, 0.3) is 11.8 Å². The van der Waals surface area contributed by atoms with E-state index in [1.165, 1.54) is 4.90 Å². The van der Waals surface area contributed by atoms with Crippen LogP contribution in [0.5, 0.6) is 5.75 Å². The summed E-state index contributed by atoms with van der Waals surface area (Å²) < 4.78 is 17.8. The summed E-state index contributed by atoms with van der Waals surface area (Å²) in [5, 5.41) is 0. The van der Waals surface area contributed by atoms with Gasteiger partial charge in [-0.2, -0.15) is 0 Å². The maximum Gasteiger partial charge on any atom is 0.410 e. The Morgan fingerprint density at radius 2 is 1.09 bits per heavy atom. The van der Waals surface area contributed by atoms with E-state index in [9.17, 15) is 19.2 Å². The molecule has 0 saturated heterocycles. The summed E-state index contributed by atoms with van der Waals surface area (Å²) in [4.78, 5) is 66.0. The van der Waals surface area contributed by atoms with Crippen LogP contribution in [0, 0.1) is 0 Å². The molecule has 0 saturated carbocycles. The maximum atomic E-state index is 13.5. The number of unbranched alkanes of at least 4 members (excludes halogenated alkanes) is 1. The Morgan fingerprint density at radius 1 is 0.630 bits per heavy atom. The number of pyridine rings is 2. The Kier molecular flexibility index (Phi) is 12.7. The van der Waals surface area contributed by atoms with Gasteiger partial charge in [-0.15, -0.1) is 0 Å². The third kappa shape index (κ3) is 11.4. The molecule has 284 valence electrons. The Balaban J connectivity index is 1.37. The number of rotatable bonds is 14. The number of benzene rings is 2. The van der Waals surface area contributed by atoms with Crippen molar-refractivity contribution in [3.63, 3.8) is 0 Å². The molecule has 3 heterocycles. The summed E-state index contributed by atoms with van der Waals surface area (Å²) >= 11 is 0. The van der Waals surface area contributed by atoms with Gasteiger partial charge < -0.3 is 14.2 Å². The summed E-state index contributed by atoms with van der Waals surface area (Å²) in [7, 11) is 0. The van der Waals surface area contributed by atoms with Crippen LogP contribution in [-0.4, -0.2) is 73.0 Å². The summed E-state index contributed by atoms with van der Waals surface area (Å²) in [6.07, 6.45) is 3.47. The average Bonchev–Trinajstić information content (AvgIpc) is 3.35. The quantitative estimate of drug-likeness (QED) is 0.0940. The number of amides is 4. The van der Waals surface area contributed by atoms with Crippen LogP contribution < -0.4 is 4.74 Å². The molecule has 0 atom stereocenters. The first kappa shape index (κ1) is 39.4. The van der Waals surface area contributed by atoms with E-state index >= 15 is 0 Å². The van der Waals surface area contributed by atoms with Crippen molar-refractivity contribution in [2.24, 2.45) is 0 Å². The van der Waals surface area contributed by atoms with E-state index in [4.69, 9.17) is 14.2 Å². The number of hydrogen-bond acceptors (Lipinski definition) is 9. The van der Waals surface area contributed by atoms with Crippen molar-refractivity contribution in [1.29, 1.82) is 0 Å². The summed E-state index contributed by atoms with van der Waals surface area (Å²) in [6.45, 7) is 12.2. The molecule has 2 aromatic carbocycles. The minimum atomic E-state index is -0.720. The van der Waals surface area contributed by atoms with Gasteiger partial charge in [-0.3, -0.25) is 34.3 Å². The van der Waals surface area contributed by atoms with Gasteiger partial charge in [0.05, 0.1) is 42.2 Å². The molecule has 0 aliphatic carbocycles. The monoisotopic (exact) mass is 735 g/mol. The van der Waals surface area contributed by atoms with Crippen molar-refractivity contribution >= 4 is 24.0 Å². The SMILES string of the molecule is CC(C)(C)OC(=O)N(Cc1cc(CN(Cc2ccccn2)C(=O)OC(C)(C)C)cc(OCCCCN2C(=O)c3ccccc3C2=O)c1)Cc1ccccn1. The zero-order chi connectivity index (χ0) is 38.9. The number of carbonyl (C=O) groups is 4. The third-order valence-corrected chi connectivity index (χ3v) is 8.16. The average molecular weight is 736 g/mol. The molecule has 0 spiro atoms. The van der Waals surface area contributed by atoms with Crippen molar-refractivity contribution < 1.29 is 33.4 Å². The van der Waals surface area contributed by atoms with Gasteiger partial charge in [0, 0.05) is 32.0 Å². The zero-order valence-electron chi connectivity index (χ0n) is 31.9. The van der Waals surface area contributed by atoms with Gasteiger partial charge in [-0.1, -0.05) is 30.3 Å². The topological polar surface area (TPSA) is 131 Å². The van der Waals surface area contributed by atoms with E-state index in [1.54, 1.807) is 46.5 Å². The molecule has 0 unspecified atom stereocenters. The predicted molar refractivity (Wildman–Crippen MR) is 202 cm³/mol. The lowest BCUT2D eigenvalue weighted by Gasteiger charge is -2.29. The fourth-order valence-electron chi connectivity index (χ4n) is 5.84. The van der Waals surface area contributed by atoms with Crippen LogP contribution in [0.3, 0.4) is 0 Å². The van der Waals surface area contributed by atoms with Gasteiger partial charge in [0.2, 0.25) is 0 Å². The van der Waals surface area contributed by atoms with Gasteiger partial charge in [0.1, 0.15) is 17.0 Å². The lowest BCUT2D eigenvalue weighted by molar-refractivity contribution is 0.0208. The molecule has 12 heteroatoms. The van der Waals surface area contributed by atoms with Crippen LogP contribution in [0.2, 0.25) is 0 Å². The van der Waals surface area contributed by atoms with E-state index in [-0.39, 0.29) is 44.5 Å². The van der Waals surface area contributed by atoms with E-state index in [0.29, 0.717) is 47.7 Å². The molecule has 0 bridgehead atoms. The van der Waals surface area contributed by atoms with Crippen LogP contribution in [0.1, 0.15) is 97.6 Å². The van der Waals surface area contributed by atoms with Crippen LogP contribution >= 0.6 is 0 Å². The fourth-order valence-corrected chi connectivity index (χ4v) is 5.84. The molecule has 4 amide bonds. The number of aromatic nitrogens is 2. The zero-order valence-corrected chi connectivity index (χ0v) is 31.9. The summed E-state index contributed by atoms with van der Waals surface area (Å²) in [5.41, 5.74) is 2.30. The summed E-state index contributed by atoms with van der Waals surface area (Å²) in [6, 6.07) is 23.6. The second-order valence-corrected chi connectivity index (χ2v) is 15.2. The molecule has 5 rings (SSSR count). The molecule has 12 nitrogen and oxygen atoms in total. The van der Waals surface area contributed by atoms with Gasteiger partial charge in [-0.25, -0.2) is 9.59 Å². The maximum absolute atomic E-state index is 13.5. The second kappa shape index (κ2) is 17.4. The van der Waals surface area contributed by atoms with Gasteiger partial charge in [0.15, 0.2) is 0 Å². The van der Waals surface area contributed by atoms with E-state index in [0.717, 1.165) is 11.1 Å². The number of ether oxygens (including phenoxy) is 3. The number of nitrogens with zero attached hydrogens (tertiary/aromatic N) is 5. The Morgan fingerprint density at radius 3 is 1.52 bits per heavy atom. The Bertz CT molecular complexity index is 1790. The van der Waals surface area contributed by atoms with E-state index in [2.05, 4.69) is 9.97 Å². The Labute approximate surface area is 317 Å². The summed E-state index contributed by atoms with van der Waals surface area (Å²) in [5.74, 6) is -0.0316. The first-order valence-corrected chi connectivity index (χ1v) is 18.1. The lowest BCUT2D eigenvalue weighted by atomic mass is 10.1. The molecule has 4 aromatic rings. The third-order valence-electron chi connectivity index (χ3n) is 8.16. The van der Waals surface area contributed by atoms with E-state index in [1.807, 2.05) is 96.1 Å². The minimum absolute atomic E-state index is 0.169. The second-order valence-electron chi connectivity index (χ2n) is 15.2. The highest BCUT2D eigenvalue weighted by molar-refractivity contribution is 6.21. The largest absolute Gasteiger partial charge is 0.494 e. The molecular formula is C42H49N5O7. The number of imide groups is 1. The standard InChI is InChI=1S/C42H49N5O7/c1-41(2,3)53-39(50)45(28-32-15-9-11-19-43-32)26-30-23-31(27-46(40(51)54-42(4,5)6)29-33-16-10-12-20-44-33)25-34(24-30)52-22-14-13-21-47-37(48)35-17-7-8-18-36(35)38(47)49/h7-12,15-20,23-25H,13-14,21-22,26-29H2,1-6H3. The normalized spacial score (nSPS) is 12.7. The van der Waals surface area contributed by atoms with Crippen LogP contribution in [0.25, 0.3) is 0 Å². The highest BCUT2D eigenvalue weighted by Crippen LogP contribution is 2.25. The van der Waals surface area contributed by atoms with E-state index < -0.39 is 23.4 Å². The molecule has 2 aromatic heterocycles. The fraction of sp³-hybridized carbons (Fsp3) is 0.381. The van der Waals surface area contributed by atoms with Crippen LogP contribution in [0.15, 0.2) is 91.3 Å². The van der Waals surface area contributed by atoms with Gasteiger partial charge >= 0.3 is 12.2 Å². The smallest absolute Gasteiger partial charge is 0.410 e. The lowest BCUT2D eigenvalue weighted by Crippen LogP contribution is -2.37. The molecule has 1 aliphatic rings. The molecule has 0 radical (unpaired) electrons. The van der Waals surface area contributed by atoms with Crippen molar-refractivity contribution in [2.45, 2.75) is 91.8 Å². The molecule has 0 N–H and O–H groups in total.